The third-order valence-electron chi connectivity index (χ3n) is 4.85. The van der Waals surface area contributed by atoms with Crippen molar-refractivity contribution in [3.05, 3.63) is 11.6 Å². The summed E-state index contributed by atoms with van der Waals surface area (Å²) in [7, 11) is 0. The van der Waals surface area contributed by atoms with E-state index in [1.54, 1.807) is 0 Å². The fourth-order valence-electron chi connectivity index (χ4n) is 3.77. The zero-order valence-corrected chi connectivity index (χ0v) is 13.3. The van der Waals surface area contributed by atoms with Crippen molar-refractivity contribution in [2.24, 2.45) is 11.8 Å². The lowest BCUT2D eigenvalue weighted by molar-refractivity contribution is 0.0816. The van der Waals surface area contributed by atoms with Crippen molar-refractivity contribution in [3.63, 3.8) is 0 Å². The Morgan fingerprint density at radius 3 is 2.58 bits per heavy atom. The predicted molar refractivity (Wildman–Crippen MR) is 83.6 cm³/mol. The van der Waals surface area contributed by atoms with Gasteiger partial charge in [0.15, 0.2) is 0 Å². The SMILES string of the molecule is C=C(Cl)CN1CC(C2CCCCC2)NCC1C(C)C. The lowest BCUT2D eigenvalue weighted by Crippen LogP contribution is -2.60. The molecule has 1 aliphatic carbocycles. The molecule has 2 rings (SSSR count). The molecule has 1 aliphatic heterocycles. The van der Waals surface area contributed by atoms with Gasteiger partial charge in [-0.15, -0.1) is 0 Å². The van der Waals surface area contributed by atoms with E-state index in [1.807, 2.05) is 0 Å². The molecule has 0 aromatic carbocycles. The number of piperazine rings is 1. The van der Waals surface area contributed by atoms with E-state index in [0.717, 1.165) is 30.6 Å². The molecular formula is C16H29ClN2. The normalized spacial score (nSPS) is 30.7. The van der Waals surface area contributed by atoms with E-state index >= 15 is 0 Å². The largest absolute Gasteiger partial charge is 0.311 e. The van der Waals surface area contributed by atoms with E-state index in [2.05, 4.69) is 30.6 Å². The number of halogens is 1. The molecule has 2 fully saturated rings. The fourth-order valence-corrected chi connectivity index (χ4v) is 3.92. The zero-order valence-electron chi connectivity index (χ0n) is 12.5. The van der Waals surface area contributed by atoms with Gasteiger partial charge in [-0.25, -0.2) is 0 Å². The zero-order chi connectivity index (χ0) is 13.8. The van der Waals surface area contributed by atoms with Crippen LogP contribution in [0.25, 0.3) is 0 Å². The van der Waals surface area contributed by atoms with Crippen LogP contribution in [0.15, 0.2) is 11.6 Å². The molecule has 2 aliphatic rings. The molecule has 0 spiro atoms. The van der Waals surface area contributed by atoms with Crippen LogP contribution < -0.4 is 5.32 Å². The molecule has 0 aromatic heterocycles. The van der Waals surface area contributed by atoms with Crippen LogP contribution in [0.4, 0.5) is 0 Å². The molecule has 2 atom stereocenters. The average molecular weight is 285 g/mol. The first kappa shape index (κ1) is 15.3. The first-order chi connectivity index (χ1) is 9.08. The molecule has 0 aromatic rings. The average Bonchev–Trinajstić information content (AvgIpc) is 2.38. The van der Waals surface area contributed by atoms with Crippen molar-refractivity contribution in [2.75, 3.05) is 19.6 Å². The van der Waals surface area contributed by atoms with Gasteiger partial charge in [0.25, 0.3) is 0 Å². The van der Waals surface area contributed by atoms with Gasteiger partial charge in [0.05, 0.1) is 0 Å². The molecule has 19 heavy (non-hydrogen) atoms. The highest BCUT2D eigenvalue weighted by Crippen LogP contribution is 2.29. The van der Waals surface area contributed by atoms with Gasteiger partial charge in [0.2, 0.25) is 0 Å². The smallest absolute Gasteiger partial charge is 0.0339 e. The van der Waals surface area contributed by atoms with E-state index in [0.29, 0.717) is 18.0 Å². The Kier molecular flexibility index (Phi) is 5.73. The predicted octanol–water partition coefficient (Wildman–Crippen LogP) is 3.62. The summed E-state index contributed by atoms with van der Waals surface area (Å²) in [5.41, 5.74) is 0. The first-order valence-electron chi connectivity index (χ1n) is 7.88. The summed E-state index contributed by atoms with van der Waals surface area (Å²) in [5, 5.41) is 4.58. The monoisotopic (exact) mass is 284 g/mol. The van der Waals surface area contributed by atoms with E-state index in [4.69, 9.17) is 11.6 Å². The Hall–Kier alpha value is -0.0500. The highest BCUT2D eigenvalue weighted by molar-refractivity contribution is 6.29. The highest BCUT2D eigenvalue weighted by Gasteiger charge is 2.33. The van der Waals surface area contributed by atoms with E-state index in [9.17, 15) is 0 Å². The summed E-state index contributed by atoms with van der Waals surface area (Å²) in [6.45, 7) is 11.6. The van der Waals surface area contributed by atoms with Crippen molar-refractivity contribution in [1.82, 2.24) is 10.2 Å². The van der Waals surface area contributed by atoms with Crippen LogP contribution in [0.3, 0.4) is 0 Å². The summed E-state index contributed by atoms with van der Waals surface area (Å²) in [4.78, 5) is 2.55. The van der Waals surface area contributed by atoms with Gasteiger partial charge in [-0.2, -0.15) is 0 Å². The molecule has 2 nitrogen and oxygen atoms in total. The van der Waals surface area contributed by atoms with Gasteiger partial charge in [-0.1, -0.05) is 51.3 Å². The van der Waals surface area contributed by atoms with Gasteiger partial charge in [-0.3, -0.25) is 4.90 Å². The quantitative estimate of drug-likeness (QED) is 0.848. The van der Waals surface area contributed by atoms with Crippen molar-refractivity contribution in [3.8, 4) is 0 Å². The second-order valence-corrected chi connectivity index (χ2v) is 7.21. The van der Waals surface area contributed by atoms with Crippen LogP contribution in [-0.4, -0.2) is 36.6 Å². The number of rotatable bonds is 4. The Bertz CT molecular complexity index is 297. The van der Waals surface area contributed by atoms with Crippen LogP contribution in [0.2, 0.25) is 0 Å². The summed E-state index contributed by atoms with van der Waals surface area (Å²) < 4.78 is 0. The molecule has 1 saturated heterocycles. The number of nitrogens with zero attached hydrogens (tertiary/aromatic N) is 1. The maximum atomic E-state index is 6.06. The molecule has 0 amide bonds. The summed E-state index contributed by atoms with van der Waals surface area (Å²) >= 11 is 6.06. The Balaban J connectivity index is 1.96. The summed E-state index contributed by atoms with van der Waals surface area (Å²) in [5.74, 6) is 1.53. The van der Waals surface area contributed by atoms with Gasteiger partial charge in [-0.05, 0) is 24.7 Å². The third kappa shape index (κ3) is 4.21. The van der Waals surface area contributed by atoms with Gasteiger partial charge in [0.1, 0.15) is 0 Å². The van der Waals surface area contributed by atoms with Gasteiger partial charge in [0, 0.05) is 36.8 Å². The van der Waals surface area contributed by atoms with E-state index in [1.165, 1.54) is 32.1 Å². The lowest BCUT2D eigenvalue weighted by Gasteiger charge is -2.45. The topological polar surface area (TPSA) is 15.3 Å². The highest BCUT2D eigenvalue weighted by atomic mass is 35.5. The molecule has 3 heteroatoms. The standard InChI is InChI=1S/C16H29ClN2/c1-12(2)16-9-18-15(11-19(16)10-13(3)17)14-7-5-4-6-8-14/h12,14-16,18H,3-11H2,1-2H3. The van der Waals surface area contributed by atoms with Crippen LogP contribution >= 0.6 is 11.6 Å². The molecule has 1 saturated carbocycles. The molecule has 1 N–H and O–H groups in total. The minimum Gasteiger partial charge on any atom is -0.311 e. The van der Waals surface area contributed by atoms with Crippen molar-refractivity contribution in [2.45, 2.75) is 58.0 Å². The number of hydrogen-bond donors (Lipinski definition) is 1. The first-order valence-corrected chi connectivity index (χ1v) is 8.26. The molecule has 2 unspecified atom stereocenters. The second-order valence-electron chi connectivity index (χ2n) is 6.67. The molecule has 1 heterocycles. The Morgan fingerprint density at radius 1 is 1.32 bits per heavy atom. The van der Waals surface area contributed by atoms with Crippen molar-refractivity contribution < 1.29 is 0 Å². The number of hydrogen-bond acceptors (Lipinski definition) is 2. The number of nitrogens with one attached hydrogen (secondary N) is 1. The minimum atomic E-state index is 0.593. The maximum Gasteiger partial charge on any atom is 0.0339 e. The Morgan fingerprint density at radius 2 is 2.00 bits per heavy atom. The second kappa shape index (κ2) is 7.10. The van der Waals surface area contributed by atoms with E-state index < -0.39 is 0 Å². The van der Waals surface area contributed by atoms with Crippen molar-refractivity contribution >= 4 is 11.6 Å². The molecule has 0 bridgehead atoms. The Labute approximate surface area is 123 Å². The fraction of sp³-hybridized carbons (Fsp3) is 0.875. The molecule has 0 radical (unpaired) electrons. The summed E-state index contributed by atoms with van der Waals surface area (Å²) in [6.07, 6.45) is 7.07. The van der Waals surface area contributed by atoms with Gasteiger partial charge < -0.3 is 5.32 Å². The maximum absolute atomic E-state index is 6.06. The summed E-state index contributed by atoms with van der Waals surface area (Å²) in [6, 6.07) is 1.25. The van der Waals surface area contributed by atoms with Crippen LogP contribution in [-0.2, 0) is 0 Å². The van der Waals surface area contributed by atoms with Crippen LogP contribution in [0.5, 0.6) is 0 Å². The minimum absolute atomic E-state index is 0.593. The molecular weight excluding hydrogens is 256 g/mol. The molecule has 110 valence electrons. The van der Waals surface area contributed by atoms with Crippen molar-refractivity contribution in [1.29, 1.82) is 0 Å². The van der Waals surface area contributed by atoms with E-state index in [-0.39, 0.29) is 0 Å². The van der Waals surface area contributed by atoms with Crippen LogP contribution in [0, 0.1) is 11.8 Å². The van der Waals surface area contributed by atoms with Crippen LogP contribution in [0.1, 0.15) is 46.0 Å². The third-order valence-corrected chi connectivity index (χ3v) is 4.97. The van der Waals surface area contributed by atoms with Gasteiger partial charge >= 0.3 is 0 Å². The lowest BCUT2D eigenvalue weighted by atomic mass is 9.82.